The Balaban J connectivity index is 4.21. The van der Waals surface area contributed by atoms with E-state index in [9.17, 15) is 14.4 Å². The Bertz CT molecular complexity index is 279. The van der Waals surface area contributed by atoms with Crippen LogP contribution in [0.15, 0.2) is 0 Å². The van der Waals surface area contributed by atoms with Crippen LogP contribution in [0.4, 0.5) is 0 Å². The Morgan fingerprint density at radius 1 is 1.24 bits per heavy atom. The number of carbonyl (C=O) groups excluding carboxylic acids is 3. The van der Waals surface area contributed by atoms with Crippen LogP contribution in [0.25, 0.3) is 0 Å². The fraction of sp³-hybridized carbons (Fsp3) is 0.727. The van der Waals surface area contributed by atoms with Gasteiger partial charge in [0.15, 0.2) is 0 Å². The third-order valence-electron chi connectivity index (χ3n) is 2.26. The van der Waals surface area contributed by atoms with Gasteiger partial charge in [-0.05, 0) is 20.3 Å². The molecular weight excluding hydrogens is 222 g/mol. The Morgan fingerprint density at radius 2 is 1.82 bits per heavy atom. The minimum Gasteiger partial charge on any atom is -0.345 e. The summed E-state index contributed by atoms with van der Waals surface area (Å²) in [6, 6.07) is -1.86. The van der Waals surface area contributed by atoms with Gasteiger partial charge in [-0.15, -0.1) is 0 Å². The molecule has 0 aliphatic heterocycles. The number of aldehydes is 1. The smallest absolute Gasteiger partial charge is 0.242 e. The quantitative estimate of drug-likeness (QED) is 0.516. The van der Waals surface area contributed by atoms with Crippen molar-refractivity contribution in [1.29, 1.82) is 0 Å². The predicted molar refractivity (Wildman–Crippen MR) is 64.2 cm³/mol. The van der Waals surface area contributed by atoms with Crippen molar-refractivity contribution in [2.45, 2.75) is 51.7 Å². The van der Waals surface area contributed by atoms with E-state index in [1.165, 1.54) is 6.92 Å². The number of rotatable bonds is 7. The number of nitrogens with two attached hydrogens (primary N) is 1. The molecule has 4 N–H and O–H groups in total. The van der Waals surface area contributed by atoms with Crippen LogP contribution in [0.1, 0.15) is 33.6 Å². The molecule has 0 unspecified atom stereocenters. The molecule has 0 rings (SSSR count). The van der Waals surface area contributed by atoms with E-state index in [2.05, 4.69) is 10.6 Å². The number of amides is 2. The zero-order chi connectivity index (χ0) is 13.4. The molecule has 98 valence electrons. The molecule has 0 bridgehead atoms. The summed E-state index contributed by atoms with van der Waals surface area (Å²) in [6.45, 7) is 5.00. The highest BCUT2D eigenvalue weighted by atomic mass is 16.2. The maximum Gasteiger partial charge on any atom is 0.242 e. The van der Waals surface area contributed by atoms with Crippen LogP contribution in [0.2, 0.25) is 0 Å². The van der Waals surface area contributed by atoms with Gasteiger partial charge in [0.05, 0.1) is 12.1 Å². The van der Waals surface area contributed by atoms with Crippen molar-refractivity contribution in [2.75, 3.05) is 0 Å². The van der Waals surface area contributed by atoms with E-state index in [0.717, 1.165) is 6.42 Å². The van der Waals surface area contributed by atoms with Crippen molar-refractivity contribution in [2.24, 2.45) is 5.73 Å². The predicted octanol–water partition coefficient (Wildman–Crippen LogP) is -0.678. The summed E-state index contributed by atoms with van der Waals surface area (Å²) in [5.41, 5.74) is 5.36. The molecule has 0 radical (unpaired) electrons. The lowest BCUT2D eigenvalue weighted by atomic mass is 10.1. The van der Waals surface area contributed by atoms with Crippen molar-refractivity contribution >= 4 is 18.1 Å². The summed E-state index contributed by atoms with van der Waals surface area (Å²) >= 11 is 0. The standard InChI is InChI=1S/C11H21N3O3/c1-4-5-9(6-15)14-11(17)8(3)13-10(16)7(2)12/h6-9H,4-5,12H2,1-3H3,(H,13,16)(H,14,17)/t7-,8-,9-/m0/s1. The van der Waals surface area contributed by atoms with Crippen molar-refractivity contribution in [3.05, 3.63) is 0 Å². The summed E-state index contributed by atoms with van der Waals surface area (Å²) in [7, 11) is 0. The fourth-order valence-corrected chi connectivity index (χ4v) is 1.20. The van der Waals surface area contributed by atoms with Gasteiger partial charge in [0.2, 0.25) is 11.8 Å². The van der Waals surface area contributed by atoms with Gasteiger partial charge in [-0.1, -0.05) is 13.3 Å². The maximum absolute atomic E-state index is 11.6. The zero-order valence-corrected chi connectivity index (χ0v) is 10.5. The van der Waals surface area contributed by atoms with Gasteiger partial charge in [0.25, 0.3) is 0 Å². The van der Waals surface area contributed by atoms with Crippen molar-refractivity contribution in [3.8, 4) is 0 Å². The van der Waals surface area contributed by atoms with Gasteiger partial charge in [-0.2, -0.15) is 0 Å². The molecule has 0 heterocycles. The Kier molecular flexibility index (Phi) is 7.13. The molecule has 2 amide bonds. The second-order valence-corrected chi connectivity index (χ2v) is 4.06. The van der Waals surface area contributed by atoms with Crippen LogP contribution < -0.4 is 16.4 Å². The molecule has 0 aliphatic rings. The normalized spacial score (nSPS) is 15.5. The lowest BCUT2D eigenvalue weighted by Crippen LogP contribution is -2.51. The van der Waals surface area contributed by atoms with E-state index in [1.54, 1.807) is 6.92 Å². The van der Waals surface area contributed by atoms with Gasteiger partial charge >= 0.3 is 0 Å². The second kappa shape index (κ2) is 7.78. The monoisotopic (exact) mass is 243 g/mol. The largest absolute Gasteiger partial charge is 0.345 e. The van der Waals surface area contributed by atoms with Crippen LogP contribution in [-0.2, 0) is 14.4 Å². The summed E-state index contributed by atoms with van der Waals surface area (Å²) < 4.78 is 0. The van der Waals surface area contributed by atoms with Crippen molar-refractivity contribution in [3.63, 3.8) is 0 Å². The van der Waals surface area contributed by atoms with E-state index >= 15 is 0 Å². The second-order valence-electron chi connectivity index (χ2n) is 4.06. The molecule has 6 heteroatoms. The molecular formula is C11H21N3O3. The molecule has 0 aromatic heterocycles. The number of hydrogen-bond acceptors (Lipinski definition) is 4. The van der Waals surface area contributed by atoms with E-state index in [4.69, 9.17) is 5.73 Å². The highest BCUT2D eigenvalue weighted by Gasteiger charge is 2.19. The van der Waals surface area contributed by atoms with E-state index in [0.29, 0.717) is 12.7 Å². The molecule has 0 saturated carbocycles. The molecule has 0 spiro atoms. The molecule has 17 heavy (non-hydrogen) atoms. The zero-order valence-electron chi connectivity index (χ0n) is 10.5. The third kappa shape index (κ3) is 6.01. The van der Waals surface area contributed by atoms with Crippen LogP contribution in [-0.4, -0.2) is 36.2 Å². The Labute approximate surface area is 101 Å². The number of hydrogen-bond donors (Lipinski definition) is 3. The van der Waals surface area contributed by atoms with E-state index in [1.807, 2.05) is 6.92 Å². The van der Waals surface area contributed by atoms with Crippen LogP contribution in [0.3, 0.4) is 0 Å². The minimum absolute atomic E-state index is 0.385. The van der Waals surface area contributed by atoms with Crippen molar-refractivity contribution < 1.29 is 14.4 Å². The maximum atomic E-state index is 11.6. The summed E-state index contributed by atoms with van der Waals surface area (Å²) in [5, 5.41) is 5.01. The average molecular weight is 243 g/mol. The third-order valence-corrected chi connectivity index (χ3v) is 2.26. The molecule has 0 aromatic carbocycles. The molecule has 0 aromatic rings. The first-order valence-corrected chi connectivity index (χ1v) is 5.74. The molecule has 0 aliphatic carbocycles. The van der Waals surface area contributed by atoms with E-state index < -0.39 is 24.0 Å². The topological polar surface area (TPSA) is 101 Å². The number of carbonyl (C=O) groups is 3. The van der Waals surface area contributed by atoms with Gasteiger partial charge in [-0.3, -0.25) is 9.59 Å². The summed E-state index contributed by atoms with van der Waals surface area (Å²) in [6.07, 6.45) is 2.08. The Morgan fingerprint density at radius 3 is 2.24 bits per heavy atom. The minimum atomic E-state index is -0.701. The first-order valence-electron chi connectivity index (χ1n) is 5.74. The lowest BCUT2D eigenvalue weighted by molar-refractivity contribution is -0.130. The van der Waals surface area contributed by atoms with Gasteiger partial charge in [-0.25, -0.2) is 0 Å². The average Bonchev–Trinajstić information content (AvgIpc) is 2.27. The highest BCUT2D eigenvalue weighted by Crippen LogP contribution is 1.94. The number of nitrogens with one attached hydrogen (secondary N) is 2. The highest BCUT2D eigenvalue weighted by molar-refractivity contribution is 5.90. The Hall–Kier alpha value is -1.43. The first kappa shape index (κ1) is 15.6. The van der Waals surface area contributed by atoms with Crippen molar-refractivity contribution in [1.82, 2.24) is 10.6 Å². The first-order chi connectivity index (χ1) is 7.92. The molecule has 6 nitrogen and oxygen atoms in total. The van der Waals surface area contributed by atoms with Gasteiger partial charge in [0, 0.05) is 0 Å². The van der Waals surface area contributed by atoms with Crippen LogP contribution >= 0.6 is 0 Å². The molecule has 3 atom stereocenters. The SMILES string of the molecule is CCC[C@@H](C=O)NC(=O)[C@H](C)NC(=O)[C@H](C)N. The fourth-order valence-electron chi connectivity index (χ4n) is 1.20. The van der Waals surface area contributed by atoms with E-state index in [-0.39, 0.29) is 5.91 Å². The summed E-state index contributed by atoms with van der Waals surface area (Å²) in [4.78, 5) is 33.5. The van der Waals surface area contributed by atoms with Gasteiger partial charge < -0.3 is 21.2 Å². The molecule has 0 fully saturated rings. The van der Waals surface area contributed by atoms with Crippen LogP contribution in [0, 0.1) is 0 Å². The molecule has 0 saturated heterocycles. The van der Waals surface area contributed by atoms with Crippen LogP contribution in [0.5, 0.6) is 0 Å². The van der Waals surface area contributed by atoms with Gasteiger partial charge in [0.1, 0.15) is 12.3 Å². The lowest BCUT2D eigenvalue weighted by Gasteiger charge is -2.18. The summed E-state index contributed by atoms with van der Waals surface area (Å²) in [5.74, 6) is -0.782.